The molecular formula is C15H27N5. The summed E-state index contributed by atoms with van der Waals surface area (Å²) < 4.78 is 0. The maximum absolute atomic E-state index is 4.47. The molecule has 0 spiro atoms. The first kappa shape index (κ1) is 15.0. The lowest BCUT2D eigenvalue weighted by Gasteiger charge is -2.23. The van der Waals surface area contributed by atoms with Crippen molar-refractivity contribution in [1.82, 2.24) is 14.9 Å². The molecule has 1 atom stereocenters. The fraction of sp³-hybridized carbons (Fsp3) is 0.733. The van der Waals surface area contributed by atoms with E-state index in [1.54, 1.807) is 0 Å². The number of likely N-dealkylation sites (tertiary alicyclic amines) is 1. The first-order chi connectivity index (χ1) is 9.72. The van der Waals surface area contributed by atoms with E-state index in [2.05, 4.69) is 39.3 Å². The van der Waals surface area contributed by atoms with Crippen LogP contribution in [0.15, 0.2) is 6.07 Å². The highest BCUT2D eigenvalue weighted by Crippen LogP contribution is 2.18. The molecule has 0 aliphatic carbocycles. The van der Waals surface area contributed by atoms with Crippen LogP contribution >= 0.6 is 0 Å². The standard InChI is InChI=1S/C15H27N5/c1-4-8-16-14-10-15(19-12(3)18-14)17-11-13-7-6-9-20(13)5-2/h10,13H,4-9,11H2,1-3H3,(H2,16,17,18,19). The van der Waals surface area contributed by atoms with Crippen molar-refractivity contribution in [1.29, 1.82) is 0 Å². The second kappa shape index (κ2) is 7.43. The van der Waals surface area contributed by atoms with E-state index in [4.69, 9.17) is 0 Å². The van der Waals surface area contributed by atoms with Crippen LogP contribution in [0.25, 0.3) is 0 Å². The van der Waals surface area contributed by atoms with Crippen LogP contribution in [0.4, 0.5) is 11.6 Å². The Bertz CT molecular complexity index is 421. The molecule has 5 nitrogen and oxygen atoms in total. The molecule has 1 aromatic rings. The van der Waals surface area contributed by atoms with Crippen LogP contribution < -0.4 is 10.6 Å². The van der Waals surface area contributed by atoms with Crippen LogP contribution in [0.2, 0.25) is 0 Å². The molecule has 1 saturated heterocycles. The summed E-state index contributed by atoms with van der Waals surface area (Å²) in [5, 5.41) is 6.80. The van der Waals surface area contributed by atoms with Crippen molar-refractivity contribution in [3.63, 3.8) is 0 Å². The molecule has 2 N–H and O–H groups in total. The Labute approximate surface area is 122 Å². The fourth-order valence-corrected chi connectivity index (χ4v) is 2.77. The predicted octanol–water partition coefficient (Wildman–Crippen LogP) is 2.50. The third-order valence-corrected chi connectivity index (χ3v) is 3.82. The maximum atomic E-state index is 4.47. The van der Waals surface area contributed by atoms with Gasteiger partial charge in [0, 0.05) is 25.2 Å². The quantitative estimate of drug-likeness (QED) is 0.802. The highest BCUT2D eigenvalue weighted by molar-refractivity contribution is 5.47. The van der Waals surface area contributed by atoms with Gasteiger partial charge in [-0.3, -0.25) is 4.90 Å². The van der Waals surface area contributed by atoms with E-state index in [0.717, 1.165) is 43.5 Å². The van der Waals surface area contributed by atoms with Gasteiger partial charge in [0.25, 0.3) is 0 Å². The van der Waals surface area contributed by atoms with E-state index in [-0.39, 0.29) is 0 Å². The zero-order chi connectivity index (χ0) is 14.4. The molecular weight excluding hydrogens is 250 g/mol. The van der Waals surface area contributed by atoms with Gasteiger partial charge in [-0.2, -0.15) is 0 Å². The van der Waals surface area contributed by atoms with Crippen LogP contribution in [0.3, 0.4) is 0 Å². The Balaban J connectivity index is 1.93. The number of nitrogens with one attached hydrogen (secondary N) is 2. The van der Waals surface area contributed by atoms with Gasteiger partial charge in [-0.05, 0) is 39.3 Å². The Morgan fingerprint density at radius 3 is 2.70 bits per heavy atom. The van der Waals surface area contributed by atoms with Gasteiger partial charge in [0.1, 0.15) is 17.5 Å². The largest absolute Gasteiger partial charge is 0.370 e. The first-order valence-corrected chi connectivity index (χ1v) is 7.80. The fourth-order valence-electron chi connectivity index (χ4n) is 2.77. The van der Waals surface area contributed by atoms with Gasteiger partial charge in [-0.25, -0.2) is 9.97 Å². The number of hydrogen-bond donors (Lipinski definition) is 2. The molecule has 1 aromatic heterocycles. The van der Waals surface area contributed by atoms with Gasteiger partial charge < -0.3 is 10.6 Å². The molecule has 1 aliphatic heterocycles. The molecule has 112 valence electrons. The summed E-state index contributed by atoms with van der Waals surface area (Å²) in [5.74, 6) is 2.66. The van der Waals surface area contributed by atoms with Crippen LogP contribution in [-0.2, 0) is 0 Å². The number of hydrogen-bond acceptors (Lipinski definition) is 5. The van der Waals surface area contributed by atoms with Gasteiger partial charge in [0.2, 0.25) is 0 Å². The number of nitrogens with zero attached hydrogens (tertiary/aromatic N) is 3. The number of anilines is 2. The molecule has 1 fully saturated rings. The summed E-state index contributed by atoms with van der Waals surface area (Å²) in [6.45, 7) is 10.6. The summed E-state index contributed by atoms with van der Waals surface area (Å²) in [4.78, 5) is 11.4. The number of likely N-dealkylation sites (N-methyl/N-ethyl adjacent to an activating group) is 1. The molecule has 0 bridgehead atoms. The average Bonchev–Trinajstić information content (AvgIpc) is 2.90. The van der Waals surface area contributed by atoms with Crippen molar-refractivity contribution in [2.45, 2.75) is 46.1 Å². The second-order valence-electron chi connectivity index (χ2n) is 5.42. The Morgan fingerprint density at radius 2 is 2.00 bits per heavy atom. The van der Waals surface area contributed by atoms with Gasteiger partial charge in [0.05, 0.1) is 0 Å². The third kappa shape index (κ3) is 4.07. The maximum Gasteiger partial charge on any atom is 0.131 e. The van der Waals surface area contributed by atoms with Gasteiger partial charge in [0.15, 0.2) is 0 Å². The van der Waals surface area contributed by atoms with Crippen LogP contribution in [0.5, 0.6) is 0 Å². The van der Waals surface area contributed by atoms with Crippen molar-refractivity contribution in [3.8, 4) is 0 Å². The van der Waals surface area contributed by atoms with Crippen molar-refractivity contribution < 1.29 is 0 Å². The zero-order valence-electron chi connectivity index (χ0n) is 12.9. The van der Waals surface area contributed by atoms with E-state index in [1.165, 1.54) is 19.4 Å². The molecule has 2 heterocycles. The van der Waals surface area contributed by atoms with Gasteiger partial charge in [-0.15, -0.1) is 0 Å². The minimum absolute atomic E-state index is 0.641. The van der Waals surface area contributed by atoms with Gasteiger partial charge >= 0.3 is 0 Å². The summed E-state index contributed by atoms with van der Waals surface area (Å²) in [6, 6.07) is 2.65. The normalized spacial score (nSPS) is 19.2. The minimum atomic E-state index is 0.641. The molecule has 0 amide bonds. The van der Waals surface area contributed by atoms with Crippen LogP contribution in [0.1, 0.15) is 38.9 Å². The van der Waals surface area contributed by atoms with Crippen molar-refractivity contribution >= 4 is 11.6 Å². The van der Waals surface area contributed by atoms with Crippen molar-refractivity contribution in [2.24, 2.45) is 0 Å². The summed E-state index contributed by atoms with van der Waals surface area (Å²) in [6.07, 6.45) is 3.69. The Hall–Kier alpha value is -1.36. The summed E-state index contributed by atoms with van der Waals surface area (Å²) in [5.41, 5.74) is 0. The van der Waals surface area contributed by atoms with Gasteiger partial charge in [-0.1, -0.05) is 13.8 Å². The second-order valence-corrected chi connectivity index (χ2v) is 5.42. The lowest BCUT2D eigenvalue weighted by atomic mass is 10.2. The topological polar surface area (TPSA) is 53.1 Å². The first-order valence-electron chi connectivity index (χ1n) is 7.80. The average molecular weight is 277 g/mol. The summed E-state index contributed by atoms with van der Waals surface area (Å²) in [7, 11) is 0. The number of aryl methyl sites for hydroxylation is 1. The predicted molar refractivity (Wildman–Crippen MR) is 84.3 cm³/mol. The highest BCUT2D eigenvalue weighted by Gasteiger charge is 2.22. The van der Waals surface area contributed by atoms with Crippen LogP contribution in [-0.4, -0.2) is 47.1 Å². The van der Waals surface area contributed by atoms with E-state index in [0.29, 0.717) is 6.04 Å². The molecule has 1 unspecified atom stereocenters. The Morgan fingerprint density at radius 1 is 1.25 bits per heavy atom. The highest BCUT2D eigenvalue weighted by atomic mass is 15.2. The Kier molecular flexibility index (Phi) is 5.59. The molecule has 5 heteroatoms. The van der Waals surface area contributed by atoms with E-state index in [1.807, 2.05) is 13.0 Å². The van der Waals surface area contributed by atoms with E-state index < -0.39 is 0 Å². The smallest absolute Gasteiger partial charge is 0.131 e. The lowest BCUT2D eigenvalue weighted by molar-refractivity contribution is 0.277. The lowest BCUT2D eigenvalue weighted by Crippen LogP contribution is -2.34. The molecule has 20 heavy (non-hydrogen) atoms. The zero-order valence-corrected chi connectivity index (χ0v) is 12.9. The SMILES string of the molecule is CCCNc1cc(NCC2CCCN2CC)nc(C)n1. The number of rotatable bonds is 7. The van der Waals surface area contributed by atoms with Crippen molar-refractivity contribution in [3.05, 3.63) is 11.9 Å². The van der Waals surface area contributed by atoms with E-state index in [9.17, 15) is 0 Å². The van der Waals surface area contributed by atoms with E-state index >= 15 is 0 Å². The number of aromatic nitrogens is 2. The monoisotopic (exact) mass is 277 g/mol. The third-order valence-electron chi connectivity index (χ3n) is 3.82. The summed E-state index contributed by atoms with van der Waals surface area (Å²) >= 11 is 0. The molecule has 0 saturated carbocycles. The van der Waals surface area contributed by atoms with Crippen LogP contribution in [0, 0.1) is 6.92 Å². The molecule has 2 rings (SSSR count). The molecule has 1 aliphatic rings. The molecule has 0 radical (unpaired) electrons. The molecule has 0 aromatic carbocycles. The minimum Gasteiger partial charge on any atom is -0.370 e. The van der Waals surface area contributed by atoms with Crippen molar-refractivity contribution in [2.75, 3.05) is 36.8 Å².